The van der Waals surface area contributed by atoms with Gasteiger partial charge < -0.3 is 4.52 Å². The Kier molecular flexibility index (Phi) is 4.45. The monoisotopic (exact) mass is 404 g/mol. The van der Waals surface area contributed by atoms with Gasteiger partial charge in [-0.2, -0.15) is 13.2 Å². The van der Waals surface area contributed by atoms with E-state index in [-0.39, 0.29) is 15.4 Å². The molecular formula is C10H8BrF3N2O3S2. The van der Waals surface area contributed by atoms with Crippen molar-refractivity contribution in [2.75, 3.05) is 0 Å². The fourth-order valence-corrected chi connectivity index (χ4v) is 4.89. The molecule has 0 saturated heterocycles. The van der Waals surface area contributed by atoms with Crippen LogP contribution in [0.1, 0.15) is 22.0 Å². The standard InChI is InChI=1S/C10H8BrF3N2O3S2/c1-5-6(9(11)16-19-5)3-21(17,18)4-8-15-7(2-20-8)10(12,13)14/h2H,3-4H2,1H3. The van der Waals surface area contributed by atoms with Crippen molar-refractivity contribution in [3.63, 3.8) is 0 Å². The maximum Gasteiger partial charge on any atom is 0.434 e. The fourth-order valence-electron chi connectivity index (χ4n) is 1.49. The first-order valence-corrected chi connectivity index (χ1v) is 8.90. The summed E-state index contributed by atoms with van der Waals surface area (Å²) >= 11 is 3.72. The Bertz CT molecular complexity index is 732. The fraction of sp³-hybridized carbons (Fsp3) is 0.400. The molecular weight excluding hydrogens is 397 g/mol. The molecule has 21 heavy (non-hydrogen) atoms. The van der Waals surface area contributed by atoms with E-state index in [1.54, 1.807) is 6.92 Å². The van der Waals surface area contributed by atoms with Crippen LogP contribution < -0.4 is 0 Å². The van der Waals surface area contributed by atoms with Crippen LogP contribution in [-0.4, -0.2) is 18.6 Å². The highest BCUT2D eigenvalue weighted by atomic mass is 79.9. The highest BCUT2D eigenvalue weighted by molar-refractivity contribution is 9.10. The highest BCUT2D eigenvalue weighted by Crippen LogP contribution is 2.31. The second kappa shape index (κ2) is 5.69. The predicted octanol–water partition coefficient (Wildman–Crippen LogP) is 3.34. The Labute approximate surface area is 130 Å². The number of sulfone groups is 1. The van der Waals surface area contributed by atoms with Gasteiger partial charge in [0.1, 0.15) is 16.5 Å². The third kappa shape index (κ3) is 4.04. The van der Waals surface area contributed by atoms with Gasteiger partial charge in [-0.3, -0.25) is 0 Å². The topological polar surface area (TPSA) is 73.1 Å². The van der Waals surface area contributed by atoms with Crippen molar-refractivity contribution in [2.24, 2.45) is 0 Å². The zero-order valence-corrected chi connectivity index (χ0v) is 13.7. The smallest absolute Gasteiger partial charge is 0.360 e. The third-order valence-electron chi connectivity index (χ3n) is 2.49. The second-order valence-corrected chi connectivity index (χ2v) is 7.92. The molecule has 0 N–H and O–H groups in total. The Morgan fingerprint density at radius 1 is 1.38 bits per heavy atom. The van der Waals surface area contributed by atoms with Crippen molar-refractivity contribution in [3.8, 4) is 0 Å². The molecule has 0 aliphatic carbocycles. The van der Waals surface area contributed by atoms with Gasteiger partial charge in [0.25, 0.3) is 0 Å². The molecule has 2 aromatic rings. The first-order chi connectivity index (χ1) is 9.58. The molecule has 2 heterocycles. The third-order valence-corrected chi connectivity index (χ3v) is 5.58. The van der Waals surface area contributed by atoms with Crippen LogP contribution >= 0.6 is 27.3 Å². The molecule has 0 saturated carbocycles. The second-order valence-electron chi connectivity index (χ2n) is 4.16. The SMILES string of the molecule is Cc1onc(Br)c1CS(=O)(=O)Cc1nc(C(F)(F)F)cs1. The van der Waals surface area contributed by atoms with Crippen LogP contribution in [0.4, 0.5) is 13.2 Å². The zero-order valence-electron chi connectivity index (χ0n) is 10.4. The van der Waals surface area contributed by atoms with Crippen LogP contribution in [0.25, 0.3) is 0 Å². The number of aromatic nitrogens is 2. The molecule has 116 valence electrons. The summed E-state index contributed by atoms with van der Waals surface area (Å²) in [6.45, 7) is 1.55. The number of nitrogens with zero attached hydrogens (tertiary/aromatic N) is 2. The lowest BCUT2D eigenvalue weighted by molar-refractivity contribution is -0.140. The number of rotatable bonds is 4. The maximum atomic E-state index is 12.4. The van der Waals surface area contributed by atoms with Gasteiger partial charge in [0.15, 0.2) is 20.1 Å². The van der Waals surface area contributed by atoms with Gasteiger partial charge in [0.05, 0.1) is 5.75 Å². The number of aryl methyl sites for hydroxylation is 1. The molecule has 0 amide bonds. The van der Waals surface area contributed by atoms with E-state index in [0.29, 0.717) is 22.7 Å². The van der Waals surface area contributed by atoms with Gasteiger partial charge in [-0.25, -0.2) is 13.4 Å². The van der Waals surface area contributed by atoms with Crippen molar-refractivity contribution < 1.29 is 26.1 Å². The summed E-state index contributed by atoms with van der Waals surface area (Å²) in [5.41, 5.74) is -0.734. The minimum Gasteiger partial charge on any atom is -0.360 e. The lowest BCUT2D eigenvalue weighted by Gasteiger charge is -2.02. The summed E-state index contributed by atoms with van der Waals surface area (Å²) in [6, 6.07) is 0. The van der Waals surface area contributed by atoms with Crippen molar-refractivity contribution in [1.82, 2.24) is 10.1 Å². The number of thiazole rings is 1. The molecule has 11 heteroatoms. The van der Waals surface area contributed by atoms with Crippen LogP contribution in [0.5, 0.6) is 0 Å². The summed E-state index contributed by atoms with van der Waals surface area (Å²) < 4.78 is 66.4. The van der Waals surface area contributed by atoms with Crippen molar-refractivity contribution in [1.29, 1.82) is 0 Å². The van der Waals surface area contributed by atoms with Crippen molar-refractivity contribution in [3.05, 3.63) is 32.0 Å². The van der Waals surface area contributed by atoms with E-state index in [0.717, 1.165) is 5.38 Å². The van der Waals surface area contributed by atoms with E-state index in [1.807, 2.05) is 0 Å². The van der Waals surface area contributed by atoms with Crippen LogP contribution in [0.15, 0.2) is 14.5 Å². The maximum absolute atomic E-state index is 12.4. The summed E-state index contributed by atoms with van der Waals surface area (Å²) in [5, 5.41) is 4.25. The van der Waals surface area contributed by atoms with E-state index < -0.39 is 27.5 Å². The molecule has 0 radical (unpaired) electrons. The number of halogens is 4. The van der Waals surface area contributed by atoms with Crippen molar-refractivity contribution in [2.45, 2.75) is 24.6 Å². The van der Waals surface area contributed by atoms with Gasteiger partial charge in [0, 0.05) is 10.9 Å². The largest absolute Gasteiger partial charge is 0.434 e. The molecule has 0 atom stereocenters. The van der Waals surface area contributed by atoms with Gasteiger partial charge >= 0.3 is 6.18 Å². The quantitative estimate of drug-likeness (QED) is 0.780. The molecule has 0 unspecified atom stereocenters. The molecule has 5 nitrogen and oxygen atoms in total. The van der Waals surface area contributed by atoms with E-state index >= 15 is 0 Å². The molecule has 0 spiro atoms. The minimum atomic E-state index is -4.58. The van der Waals surface area contributed by atoms with E-state index in [9.17, 15) is 21.6 Å². The molecule has 0 aromatic carbocycles. The summed E-state index contributed by atoms with van der Waals surface area (Å²) in [5.74, 6) is -0.616. The highest BCUT2D eigenvalue weighted by Gasteiger charge is 2.34. The Hall–Kier alpha value is -0.940. The van der Waals surface area contributed by atoms with Gasteiger partial charge in [-0.15, -0.1) is 11.3 Å². The lowest BCUT2D eigenvalue weighted by atomic mass is 10.3. The molecule has 0 aliphatic heterocycles. The zero-order chi connectivity index (χ0) is 15.8. The molecule has 0 bridgehead atoms. The van der Waals surface area contributed by atoms with Crippen LogP contribution in [0, 0.1) is 6.92 Å². The first kappa shape index (κ1) is 16.4. The number of hydrogen-bond acceptors (Lipinski definition) is 6. The summed E-state index contributed by atoms with van der Waals surface area (Å²) in [6.07, 6.45) is -4.58. The normalized spacial score (nSPS) is 12.8. The molecule has 2 aromatic heterocycles. The lowest BCUT2D eigenvalue weighted by Crippen LogP contribution is -2.10. The van der Waals surface area contributed by atoms with Crippen LogP contribution in [-0.2, 0) is 27.5 Å². The summed E-state index contributed by atoms with van der Waals surface area (Å²) in [7, 11) is -3.68. The van der Waals surface area contributed by atoms with E-state index in [1.165, 1.54) is 0 Å². The average molecular weight is 405 g/mol. The average Bonchev–Trinajstić information content (AvgIpc) is 2.90. The Morgan fingerprint density at radius 2 is 2.05 bits per heavy atom. The first-order valence-electron chi connectivity index (χ1n) is 5.41. The predicted molar refractivity (Wildman–Crippen MR) is 72.4 cm³/mol. The molecule has 0 fully saturated rings. The molecule has 2 rings (SSSR count). The minimum absolute atomic E-state index is 0.104. The molecule has 0 aliphatic rings. The van der Waals surface area contributed by atoms with Crippen LogP contribution in [0.3, 0.4) is 0 Å². The van der Waals surface area contributed by atoms with Gasteiger partial charge in [0.2, 0.25) is 0 Å². The van der Waals surface area contributed by atoms with Gasteiger partial charge in [-0.05, 0) is 22.9 Å². The summed E-state index contributed by atoms with van der Waals surface area (Å²) in [4.78, 5) is 3.30. The number of hydrogen-bond donors (Lipinski definition) is 0. The van der Waals surface area contributed by atoms with E-state index in [2.05, 4.69) is 26.1 Å². The van der Waals surface area contributed by atoms with Crippen LogP contribution in [0.2, 0.25) is 0 Å². The van der Waals surface area contributed by atoms with Gasteiger partial charge in [-0.1, -0.05) is 5.16 Å². The number of alkyl halides is 3. The van der Waals surface area contributed by atoms with Crippen molar-refractivity contribution >= 4 is 37.1 Å². The Balaban J connectivity index is 2.17. The Morgan fingerprint density at radius 3 is 2.52 bits per heavy atom. The van der Waals surface area contributed by atoms with E-state index in [4.69, 9.17) is 4.52 Å².